The SMILES string of the molecule is NC(=O)c1cc(NCc2c(F)cccc2Cl)c(F)cc1F. The van der Waals surface area contributed by atoms with Gasteiger partial charge in [0.25, 0.3) is 5.91 Å². The first-order chi connectivity index (χ1) is 9.90. The summed E-state index contributed by atoms with van der Waals surface area (Å²) < 4.78 is 40.5. The first-order valence-corrected chi connectivity index (χ1v) is 6.23. The number of hydrogen-bond donors (Lipinski definition) is 2. The molecule has 0 spiro atoms. The molecular formula is C14H10ClF3N2O. The van der Waals surface area contributed by atoms with E-state index in [9.17, 15) is 18.0 Å². The summed E-state index contributed by atoms with van der Waals surface area (Å²) in [6, 6.07) is 5.59. The van der Waals surface area contributed by atoms with E-state index in [-0.39, 0.29) is 22.8 Å². The van der Waals surface area contributed by atoms with Crippen LogP contribution in [0.4, 0.5) is 18.9 Å². The first-order valence-electron chi connectivity index (χ1n) is 5.85. The first kappa shape index (κ1) is 15.2. The fraction of sp³-hybridized carbons (Fsp3) is 0.0714. The summed E-state index contributed by atoms with van der Waals surface area (Å²) in [5, 5.41) is 2.73. The molecule has 1 amide bonds. The molecule has 2 rings (SSSR count). The Morgan fingerprint density at radius 3 is 2.48 bits per heavy atom. The number of anilines is 1. The van der Waals surface area contributed by atoms with E-state index in [1.165, 1.54) is 18.2 Å². The molecule has 0 aliphatic rings. The second-order valence-electron chi connectivity index (χ2n) is 4.23. The quantitative estimate of drug-likeness (QED) is 0.908. The van der Waals surface area contributed by atoms with Crippen molar-refractivity contribution < 1.29 is 18.0 Å². The number of nitrogens with two attached hydrogens (primary N) is 1. The number of hydrogen-bond acceptors (Lipinski definition) is 2. The van der Waals surface area contributed by atoms with Gasteiger partial charge in [-0.1, -0.05) is 17.7 Å². The van der Waals surface area contributed by atoms with Crippen molar-refractivity contribution in [3.63, 3.8) is 0 Å². The Hall–Kier alpha value is -2.21. The molecule has 7 heteroatoms. The van der Waals surface area contributed by atoms with Crippen molar-refractivity contribution in [1.29, 1.82) is 0 Å². The van der Waals surface area contributed by atoms with Crippen LogP contribution in [0.15, 0.2) is 30.3 Å². The maximum Gasteiger partial charge on any atom is 0.251 e. The second kappa shape index (κ2) is 6.05. The van der Waals surface area contributed by atoms with E-state index < -0.39 is 28.9 Å². The number of carbonyl (C=O) groups is 1. The number of nitrogens with one attached hydrogen (secondary N) is 1. The summed E-state index contributed by atoms with van der Waals surface area (Å²) in [4.78, 5) is 11.0. The van der Waals surface area contributed by atoms with Gasteiger partial charge in [-0.25, -0.2) is 13.2 Å². The number of halogens is 4. The van der Waals surface area contributed by atoms with Crippen LogP contribution in [0.3, 0.4) is 0 Å². The van der Waals surface area contributed by atoms with Crippen LogP contribution in [-0.4, -0.2) is 5.91 Å². The van der Waals surface area contributed by atoms with Crippen LogP contribution in [0.5, 0.6) is 0 Å². The molecule has 0 aliphatic heterocycles. The van der Waals surface area contributed by atoms with Crippen molar-refractivity contribution in [1.82, 2.24) is 0 Å². The smallest absolute Gasteiger partial charge is 0.251 e. The summed E-state index contributed by atoms with van der Waals surface area (Å²) >= 11 is 5.83. The molecule has 2 aromatic carbocycles. The average molecular weight is 315 g/mol. The summed E-state index contributed by atoms with van der Waals surface area (Å²) in [5.74, 6) is -3.58. The van der Waals surface area contributed by atoms with E-state index in [0.717, 1.165) is 6.07 Å². The minimum Gasteiger partial charge on any atom is -0.378 e. The van der Waals surface area contributed by atoms with Crippen molar-refractivity contribution >= 4 is 23.2 Å². The summed E-state index contributed by atoms with van der Waals surface area (Å²) in [6.45, 7) is -0.133. The van der Waals surface area contributed by atoms with E-state index in [1.54, 1.807) is 0 Å². The normalized spacial score (nSPS) is 10.5. The molecule has 0 saturated carbocycles. The Morgan fingerprint density at radius 2 is 1.86 bits per heavy atom. The van der Waals surface area contributed by atoms with Crippen molar-refractivity contribution in [2.75, 3.05) is 5.32 Å². The Bertz CT molecular complexity index is 687. The molecule has 0 aliphatic carbocycles. The van der Waals surface area contributed by atoms with Gasteiger partial charge in [-0.3, -0.25) is 4.79 Å². The van der Waals surface area contributed by atoms with E-state index >= 15 is 0 Å². The Morgan fingerprint density at radius 1 is 1.14 bits per heavy atom. The number of carbonyl (C=O) groups excluding carboxylic acids is 1. The lowest BCUT2D eigenvalue weighted by Gasteiger charge is -2.11. The molecule has 0 atom stereocenters. The summed E-state index contributed by atoms with van der Waals surface area (Å²) in [6.07, 6.45) is 0. The van der Waals surface area contributed by atoms with Crippen LogP contribution in [0.2, 0.25) is 5.02 Å². The fourth-order valence-electron chi connectivity index (χ4n) is 1.76. The number of amides is 1. The fourth-order valence-corrected chi connectivity index (χ4v) is 1.99. The van der Waals surface area contributed by atoms with Crippen molar-refractivity contribution in [2.24, 2.45) is 5.73 Å². The Kier molecular flexibility index (Phi) is 4.37. The molecule has 0 aromatic heterocycles. The molecule has 2 aromatic rings. The molecule has 21 heavy (non-hydrogen) atoms. The van der Waals surface area contributed by atoms with Gasteiger partial charge < -0.3 is 11.1 Å². The number of benzene rings is 2. The van der Waals surface area contributed by atoms with Gasteiger partial charge in [0.05, 0.1) is 11.3 Å². The predicted molar refractivity (Wildman–Crippen MR) is 73.6 cm³/mol. The van der Waals surface area contributed by atoms with Gasteiger partial charge in [-0.2, -0.15) is 0 Å². The lowest BCUT2D eigenvalue weighted by atomic mass is 10.1. The van der Waals surface area contributed by atoms with Crippen molar-refractivity contribution in [3.05, 3.63) is 63.9 Å². The third-order valence-electron chi connectivity index (χ3n) is 2.84. The van der Waals surface area contributed by atoms with E-state index in [2.05, 4.69) is 5.32 Å². The van der Waals surface area contributed by atoms with E-state index in [1.807, 2.05) is 0 Å². The Balaban J connectivity index is 2.28. The van der Waals surface area contributed by atoms with Crippen LogP contribution < -0.4 is 11.1 Å². The minimum atomic E-state index is -1.06. The van der Waals surface area contributed by atoms with Crippen LogP contribution >= 0.6 is 11.6 Å². The van der Waals surface area contributed by atoms with Crippen LogP contribution in [0.25, 0.3) is 0 Å². The highest BCUT2D eigenvalue weighted by atomic mass is 35.5. The molecular weight excluding hydrogens is 305 g/mol. The van der Waals surface area contributed by atoms with Gasteiger partial charge in [-0.05, 0) is 18.2 Å². The third kappa shape index (κ3) is 3.28. The zero-order chi connectivity index (χ0) is 15.6. The predicted octanol–water partition coefficient (Wildman–Crippen LogP) is 3.47. The average Bonchev–Trinajstić information content (AvgIpc) is 2.39. The highest BCUT2D eigenvalue weighted by Gasteiger charge is 2.14. The second-order valence-corrected chi connectivity index (χ2v) is 4.64. The number of primary amides is 1. The number of rotatable bonds is 4. The molecule has 0 bridgehead atoms. The molecule has 0 saturated heterocycles. The van der Waals surface area contributed by atoms with Crippen LogP contribution in [-0.2, 0) is 6.54 Å². The van der Waals surface area contributed by atoms with Crippen LogP contribution in [0, 0.1) is 17.5 Å². The lowest BCUT2D eigenvalue weighted by molar-refractivity contribution is 0.0996. The largest absolute Gasteiger partial charge is 0.378 e. The third-order valence-corrected chi connectivity index (χ3v) is 3.19. The standard InChI is InChI=1S/C14H10ClF3N2O/c15-9-2-1-3-10(16)8(9)6-20-13-4-7(14(19)21)11(17)5-12(13)18/h1-5,20H,6H2,(H2,19,21). The molecule has 110 valence electrons. The van der Waals surface area contributed by atoms with Crippen molar-refractivity contribution in [2.45, 2.75) is 6.54 Å². The zero-order valence-electron chi connectivity index (χ0n) is 10.6. The monoisotopic (exact) mass is 314 g/mol. The molecule has 3 N–H and O–H groups in total. The van der Waals surface area contributed by atoms with Gasteiger partial charge in [-0.15, -0.1) is 0 Å². The highest BCUT2D eigenvalue weighted by Crippen LogP contribution is 2.23. The molecule has 0 unspecified atom stereocenters. The molecule has 3 nitrogen and oxygen atoms in total. The van der Waals surface area contributed by atoms with Crippen LogP contribution in [0.1, 0.15) is 15.9 Å². The molecule has 0 fully saturated rings. The zero-order valence-corrected chi connectivity index (χ0v) is 11.3. The van der Waals surface area contributed by atoms with Gasteiger partial charge >= 0.3 is 0 Å². The van der Waals surface area contributed by atoms with Gasteiger partial charge in [0.1, 0.15) is 17.5 Å². The lowest BCUT2D eigenvalue weighted by Crippen LogP contribution is -2.14. The molecule has 0 heterocycles. The maximum atomic E-state index is 13.6. The van der Waals surface area contributed by atoms with Crippen molar-refractivity contribution in [3.8, 4) is 0 Å². The summed E-state index contributed by atoms with van der Waals surface area (Å²) in [5.41, 5.74) is 4.47. The van der Waals surface area contributed by atoms with Gasteiger partial charge in [0.15, 0.2) is 0 Å². The topological polar surface area (TPSA) is 55.1 Å². The maximum absolute atomic E-state index is 13.6. The van der Waals surface area contributed by atoms with Gasteiger partial charge in [0, 0.05) is 23.2 Å². The van der Waals surface area contributed by atoms with E-state index in [0.29, 0.717) is 6.07 Å². The highest BCUT2D eigenvalue weighted by molar-refractivity contribution is 6.31. The van der Waals surface area contributed by atoms with Gasteiger partial charge in [0.2, 0.25) is 0 Å². The summed E-state index contributed by atoms with van der Waals surface area (Å²) in [7, 11) is 0. The Labute approximate surface area is 123 Å². The minimum absolute atomic E-state index is 0.128. The molecule has 0 radical (unpaired) electrons. The van der Waals surface area contributed by atoms with E-state index in [4.69, 9.17) is 17.3 Å².